The molecule has 0 radical (unpaired) electrons. The van der Waals surface area contributed by atoms with Gasteiger partial charge >= 0.3 is 20.8 Å². The molecular weight excluding hydrogens is 936 g/mol. The maximum absolute atomic E-state index is 11.9. The van der Waals surface area contributed by atoms with Gasteiger partial charge in [0.1, 0.15) is 116 Å². The molecule has 0 aromatic rings. The van der Waals surface area contributed by atoms with E-state index in [2.05, 4.69) is 8.37 Å². The first kappa shape index (κ1) is 53.7. The van der Waals surface area contributed by atoms with Gasteiger partial charge in [-0.25, -0.2) is 8.37 Å². The normalized spacial score (nSPS) is 48.5. The van der Waals surface area contributed by atoms with Gasteiger partial charge in [-0.05, 0) is 0 Å². The highest BCUT2D eigenvalue weighted by atomic mass is 32.3. The molecule has 0 aromatic heterocycles. The van der Waals surface area contributed by atoms with Crippen LogP contribution in [0.4, 0.5) is 0 Å². The summed E-state index contributed by atoms with van der Waals surface area (Å²) in [4.78, 5) is 0. The summed E-state index contributed by atoms with van der Waals surface area (Å²) in [5, 5.41) is 157. The largest absolute Gasteiger partial charge is 0.399 e. The molecule has 0 aromatic carbocycles. The van der Waals surface area contributed by atoms with Crippen molar-refractivity contribution in [3.63, 3.8) is 0 Å². The van der Waals surface area contributed by atoms with Crippen LogP contribution in [0.5, 0.6) is 0 Å². The van der Waals surface area contributed by atoms with Crippen LogP contribution < -0.4 is 0 Å². The Labute approximate surface area is 360 Å². The molecule has 17 N–H and O–H groups in total. The Morgan fingerprint density at radius 2 is 0.594 bits per heavy atom. The van der Waals surface area contributed by atoms with Crippen molar-refractivity contribution in [2.24, 2.45) is 0 Å². The number of aliphatic hydroxyl groups excluding tert-OH is 15. The van der Waals surface area contributed by atoms with Crippen molar-refractivity contribution in [2.45, 2.75) is 154 Å². The average Bonchev–Trinajstić information content (AvgIpc) is 3.23. The Kier molecular flexibility index (Phi) is 18.5. The minimum atomic E-state index is -5.61. The molecule has 0 bridgehead atoms. The predicted molar refractivity (Wildman–Crippen MR) is 187 cm³/mol. The van der Waals surface area contributed by atoms with E-state index >= 15 is 0 Å². The lowest BCUT2D eigenvalue weighted by atomic mass is 9.95. The second-order valence-electron chi connectivity index (χ2n) is 14.9. The van der Waals surface area contributed by atoms with Crippen LogP contribution >= 0.6 is 0 Å². The second kappa shape index (κ2) is 22.0. The zero-order valence-electron chi connectivity index (χ0n) is 32.5. The molecule has 25 atom stereocenters. The summed E-state index contributed by atoms with van der Waals surface area (Å²) >= 11 is 0. The molecular formula is C30H52O32S2. The Balaban J connectivity index is 1.29. The van der Waals surface area contributed by atoms with Gasteiger partial charge in [-0.3, -0.25) is 9.11 Å². The lowest BCUT2D eigenvalue weighted by Crippen LogP contribution is -2.68. The van der Waals surface area contributed by atoms with Crippen molar-refractivity contribution in [3.8, 4) is 0 Å². The SMILES string of the molecule is O=S(=O)(O)O[C@H]1O[C@H](CO)[C@@H](O[C@H]2O[C@H](CO)[C@@H](O[C@H]3O[C@H](CO)[C@@H](O[C@H]4O[C@H](CO)[C@@H](O[C@H]5O[C@H](CO)[C@@H](O)[C@H](O)[C@H]5O)[C@H](O)[C@H]4O)[C@H](O)[C@H]3O)[C@H](O)[C@H]2OS(=O)(=O)O)[C@H](O)[C@H]1O. The molecule has 5 fully saturated rings. The fourth-order valence-electron chi connectivity index (χ4n) is 7.45. The van der Waals surface area contributed by atoms with Crippen LogP contribution in [0.15, 0.2) is 0 Å². The van der Waals surface area contributed by atoms with Gasteiger partial charge < -0.3 is 119 Å². The van der Waals surface area contributed by atoms with Gasteiger partial charge in [0.15, 0.2) is 31.3 Å². The monoisotopic (exact) mass is 988 g/mol. The van der Waals surface area contributed by atoms with E-state index in [1.807, 2.05) is 0 Å². The molecule has 0 spiro atoms. The van der Waals surface area contributed by atoms with Crippen molar-refractivity contribution < 1.29 is 154 Å². The molecule has 34 heteroatoms. The fraction of sp³-hybridized carbons (Fsp3) is 1.00. The van der Waals surface area contributed by atoms with E-state index in [4.69, 9.17) is 47.2 Å². The van der Waals surface area contributed by atoms with Gasteiger partial charge in [0, 0.05) is 0 Å². The lowest BCUT2D eigenvalue weighted by molar-refractivity contribution is -0.391. The van der Waals surface area contributed by atoms with E-state index in [9.17, 15) is 98.0 Å². The van der Waals surface area contributed by atoms with E-state index in [1.54, 1.807) is 0 Å². The van der Waals surface area contributed by atoms with Crippen LogP contribution in [0.25, 0.3) is 0 Å². The van der Waals surface area contributed by atoms with E-state index in [0.717, 1.165) is 0 Å². The van der Waals surface area contributed by atoms with Gasteiger partial charge in [-0.2, -0.15) is 16.8 Å². The molecule has 0 saturated carbocycles. The van der Waals surface area contributed by atoms with Gasteiger partial charge in [-0.1, -0.05) is 0 Å². The second-order valence-corrected chi connectivity index (χ2v) is 17.0. The highest BCUT2D eigenvalue weighted by Gasteiger charge is 2.57. The Bertz CT molecular complexity index is 1690. The first-order valence-electron chi connectivity index (χ1n) is 19.0. The zero-order chi connectivity index (χ0) is 47.7. The topological polar surface area (TPSA) is 514 Å². The summed E-state index contributed by atoms with van der Waals surface area (Å²) in [5.41, 5.74) is 0. The van der Waals surface area contributed by atoms with E-state index in [1.165, 1.54) is 0 Å². The molecule has 0 amide bonds. The zero-order valence-corrected chi connectivity index (χ0v) is 34.1. The van der Waals surface area contributed by atoms with Crippen molar-refractivity contribution in [1.29, 1.82) is 0 Å². The van der Waals surface area contributed by atoms with Crippen LogP contribution in [0.1, 0.15) is 0 Å². The lowest BCUT2D eigenvalue weighted by Gasteiger charge is -2.49. The molecule has 64 heavy (non-hydrogen) atoms. The van der Waals surface area contributed by atoms with Gasteiger partial charge in [0.25, 0.3) is 0 Å². The maximum atomic E-state index is 11.9. The summed E-state index contributed by atoms with van der Waals surface area (Å²) in [6.45, 7) is -5.32. The minimum absolute atomic E-state index is 0.854. The summed E-state index contributed by atoms with van der Waals surface area (Å²) in [6, 6.07) is 0. The molecule has 5 aliphatic rings. The number of hydrogen-bond acceptors (Lipinski definition) is 30. The predicted octanol–water partition coefficient (Wildman–Crippen LogP) is -12.3. The third kappa shape index (κ3) is 12.0. The summed E-state index contributed by atoms with van der Waals surface area (Å²) < 4.78 is 122. The molecule has 376 valence electrons. The van der Waals surface area contributed by atoms with Gasteiger partial charge in [-0.15, -0.1) is 0 Å². The smallest absolute Gasteiger partial charge is 0.394 e. The molecule has 5 heterocycles. The van der Waals surface area contributed by atoms with Gasteiger partial charge in [0.2, 0.25) is 6.29 Å². The summed E-state index contributed by atoms with van der Waals surface area (Å²) in [5.74, 6) is 0. The molecule has 0 unspecified atom stereocenters. The van der Waals surface area contributed by atoms with E-state index in [0.29, 0.717) is 0 Å². The molecule has 5 aliphatic heterocycles. The van der Waals surface area contributed by atoms with Crippen LogP contribution in [0.3, 0.4) is 0 Å². The number of hydrogen-bond donors (Lipinski definition) is 17. The minimum Gasteiger partial charge on any atom is -0.394 e. The summed E-state index contributed by atoms with van der Waals surface area (Å²) in [6.07, 6.45) is -51.6. The first-order valence-corrected chi connectivity index (χ1v) is 21.7. The van der Waals surface area contributed by atoms with E-state index in [-0.39, 0.29) is 0 Å². The Morgan fingerprint density at radius 1 is 0.312 bits per heavy atom. The van der Waals surface area contributed by atoms with Crippen molar-refractivity contribution in [2.75, 3.05) is 33.0 Å². The maximum Gasteiger partial charge on any atom is 0.399 e. The molecule has 32 nitrogen and oxygen atoms in total. The quantitative estimate of drug-likeness (QED) is 0.0602. The van der Waals surface area contributed by atoms with Crippen molar-refractivity contribution in [1.82, 2.24) is 0 Å². The third-order valence-electron chi connectivity index (χ3n) is 10.7. The standard InChI is InChI=1S/C30H52O32S2/c31-1-6-11(36)12(37)16(41)26(52-6)57-21-7(2-32)53-27(17(42)13(21)38)58-22-8(3-33)54-28(18(43)14(22)39)59-24-10(5-35)56-30(25(20(24)45)61-63(46,47)48)60-23-9(4-34)55-29(19(44)15(23)40)62-64(49,50)51/h6-45H,1-5H2,(H,46,47,48)(H,49,50,51)/t6-,7-,8-,9-,10-,11-,12+,13-,14-,15-,16-,17-,18-,19-,20+,21-,22-,23-,24-,25-,26-,27-,28-,29-,30-/m1/s1. The highest BCUT2D eigenvalue weighted by molar-refractivity contribution is 7.81. The van der Waals surface area contributed by atoms with Gasteiger partial charge in [0.05, 0.1) is 33.0 Å². The molecule has 5 saturated heterocycles. The summed E-state index contributed by atoms with van der Waals surface area (Å²) in [7, 11) is -10.9. The third-order valence-corrected chi connectivity index (χ3v) is 11.6. The van der Waals surface area contributed by atoms with Crippen LogP contribution in [-0.2, 0) is 71.8 Å². The Morgan fingerprint density at radius 3 is 0.953 bits per heavy atom. The molecule has 0 aliphatic carbocycles. The first-order chi connectivity index (χ1) is 29.9. The fourth-order valence-corrected chi connectivity index (χ4v) is 8.33. The van der Waals surface area contributed by atoms with Crippen molar-refractivity contribution >= 4 is 20.8 Å². The van der Waals surface area contributed by atoms with Crippen molar-refractivity contribution in [3.05, 3.63) is 0 Å². The average molecular weight is 989 g/mol. The Hall–Kier alpha value is -1.22. The van der Waals surface area contributed by atoms with Crippen LogP contribution in [-0.4, -0.2) is 289 Å². The van der Waals surface area contributed by atoms with E-state index < -0.39 is 207 Å². The number of rotatable bonds is 17. The number of aliphatic hydroxyl groups is 15. The number of ether oxygens (including phenoxy) is 9. The highest BCUT2D eigenvalue weighted by Crippen LogP contribution is 2.36. The van der Waals surface area contributed by atoms with Crippen LogP contribution in [0.2, 0.25) is 0 Å². The molecule has 5 rings (SSSR count). The van der Waals surface area contributed by atoms with Crippen LogP contribution in [0, 0.1) is 0 Å².